The van der Waals surface area contributed by atoms with E-state index in [1.165, 1.54) is 17.3 Å². The summed E-state index contributed by atoms with van der Waals surface area (Å²) >= 11 is 1.48. The molecule has 3 heterocycles. The number of aromatic nitrogens is 4. The summed E-state index contributed by atoms with van der Waals surface area (Å²) in [6.07, 6.45) is 7.19. The predicted molar refractivity (Wildman–Crippen MR) is 110 cm³/mol. The lowest BCUT2D eigenvalue weighted by Crippen LogP contribution is -2.49. The highest BCUT2D eigenvalue weighted by atomic mass is 32.2. The van der Waals surface area contributed by atoms with E-state index in [1.54, 1.807) is 24.7 Å². The number of rotatable bonds is 5. The standard InChI is InChI=1S/C20H22N6OS/c1-16-4-2-5-17(14-16)26-9-8-23-20(26)28-15-18(27)24-10-12-25(13-11-24)19-21-6-3-7-22-19/h2-9,14H,10-13,15H2,1H3. The van der Waals surface area contributed by atoms with Gasteiger partial charge in [0, 0.05) is 56.7 Å². The fourth-order valence-electron chi connectivity index (χ4n) is 3.20. The van der Waals surface area contributed by atoms with Gasteiger partial charge in [-0.25, -0.2) is 15.0 Å². The first kappa shape index (κ1) is 18.5. The lowest BCUT2D eigenvalue weighted by atomic mass is 10.2. The van der Waals surface area contributed by atoms with Gasteiger partial charge in [0.2, 0.25) is 11.9 Å². The van der Waals surface area contributed by atoms with Gasteiger partial charge in [0.15, 0.2) is 5.16 Å². The fourth-order valence-corrected chi connectivity index (χ4v) is 4.07. The fraction of sp³-hybridized carbons (Fsp3) is 0.300. The van der Waals surface area contributed by atoms with Crippen LogP contribution >= 0.6 is 11.8 Å². The SMILES string of the molecule is Cc1cccc(-n2ccnc2SCC(=O)N2CCN(c3ncccn3)CC2)c1. The van der Waals surface area contributed by atoms with E-state index in [2.05, 4.69) is 38.9 Å². The van der Waals surface area contributed by atoms with Crippen LogP contribution in [0.1, 0.15) is 5.56 Å². The maximum Gasteiger partial charge on any atom is 0.233 e. The Balaban J connectivity index is 1.33. The molecule has 1 amide bonds. The number of anilines is 1. The van der Waals surface area contributed by atoms with Crippen LogP contribution in [0.2, 0.25) is 0 Å². The maximum atomic E-state index is 12.7. The number of hydrogen-bond donors (Lipinski definition) is 0. The minimum absolute atomic E-state index is 0.137. The Morgan fingerprint density at radius 3 is 2.57 bits per heavy atom. The van der Waals surface area contributed by atoms with E-state index in [0.717, 1.165) is 29.9 Å². The molecule has 0 radical (unpaired) electrons. The average molecular weight is 395 g/mol. The molecule has 1 fully saturated rings. The van der Waals surface area contributed by atoms with Crippen molar-refractivity contribution in [2.24, 2.45) is 0 Å². The van der Waals surface area contributed by atoms with Crippen molar-refractivity contribution in [2.45, 2.75) is 12.1 Å². The zero-order valence-electron chi connectivity index (χ0n) is 15.7. The summed E-state index contributed by atoms with van der Waals surface area (Å²) in [4.78, 5) is 29.7. The minimum atomic E-state index is 0.137. The number of benzene rings is 1. The molecule has 3 aromatic rings. The predicted octanol–water partition coefficient (Wildman–Crippen LogP) is 2.41. The summed E-state index contributed by atoms with van der Waals surface area (Å²) in [5.41, 5.74) is 2.25. The zero-order chi connectivity index (χ0) is 19.3. The van der Waals surface area contributed by atoms with E-state index < -0.39 is 0 Å². The van der Waals surface area contributed by atoms with Crippen LogP contribution in [-0.2, 0) is 4.79 Å². The number of carbonyl (C=O) groups excluding carboxylic acids is 1. The molecule has 0 N–H and O–H groups in total. The monoisotopic (exact) mass is 394 g/mol. The van der Waals surface area contributed by atoms with E-state index >= 15 is 0 Å². The first-order valence-electron chi connectivity index (χ1n) is 9.23. The molecule has 144 valence electrons. The quantitative estimate of drug-likeness (QED) is 0.619. The van der Waals surface area contributed by atoms with Gasteiger partial charge in [0.1, 0.15) is 0 Å². The van der Waals surface area contributed by atoms with Crippen molar-refractivity contribution >= 4 is 23.6 Å². The smallest absolute Gasteiger partial charge is 0.233 e. The highest BCUT2D eigenvalue weighted by Gasteiger charge is 2.22. The molecule has 0 atom stereocenters. The second-order valence-electron chi connectivity index (χ2n) is 6.62. The largest absolute Gasteiger partial charge is 0.338 e. The van der Waals surface area contributed by atoms with E-state index in [0.29, 0.717) is 18.8 Å². The lowest BCUT2D eigenvalue weighted by Gasteiger charge is -2.34. The van der Waals surface area contributed by atoms with Crippen LogP contribution in [0, 0.1) is 6.92 Å². The molecule has 0 bridgehead atoms. The number of amides is 1. The van der Waals surface area contributed by atoms with Crippen LogP contribution < -0.4 is 4.90 Å². The third kappa shape index (κ3) is 4.17. The summed E-state index contributed by atoms with van der Waals surface area (Å²) in [6.45, 7) is 4.93. The number of thioether (sulfide) groups is 1. The molecule has 2 aromatic heterocycles. The van der Waals surface area contributed by atoms with Crippen molar-refractivity contribution in [3.05, 3.63) is 60.7 Å². The van der Waals surface area contributed by atoms with E-state index in [9.17, 15) is 4.79 Å². The molecule has 0 aliphatic carbocycles. The normalized spacial score (nSPS) is 14.3. The Labute approximate surface area is 168 Å². The number of hydrogen-bond acceptors (Lipinski definition) is 6. The van der Waals surface area contributed by atoms with Crippen LogP contribution in [0.15, 0.2) is 60.3 Å². The molecule has 28 heavy (non-hydrogen) atoms. The van der Waals surface area contributed by atoms with Crippen molar-refractivity contribution in [1.82, 2.24) is 24.4 Å². The summed E-state index contributed by atoms with van der Waals surface area (Å²) < 4.78 is 2.02. The van der Waals surface area contributed by atoms with Gasteiger partial charge in [-0.1, -0.05) is 23.9 Å². The minimum Gasteiger partial charge on any atom is -0.338 e. The van der Waals surface area contributed by atoms with Gasteiger partial charge in [0.25, 0.3) is 0 Å². The first-order chi connectivity index (χ1) is 13.7. The van der Waals surface area contributed by atoms with Crippen LogP contribution in [-0.4, -0.2) is 62.3 Å². The molecule has 0 unspecified atom stereocenters. The van der Waals surface area contributed by atoms with Gasteiger partial charge in [-0.3, -0.25) is 9.36 Å². The van der Waals surface area contributed by atoms with Crippen molar-refractivity contribution < 1.29 is 4.79 Å². The van der Waals surface area contributed by atoms with E-state index in [-0.39, 0.29) is 5.91 Å². The van der Waals surface area contributed by atoms with Crippen molar-refractivity contribution in [3.8, 4) is 5.69 Å². The molecule has 7 nitrogen and oxygen atoms in total. The second-order valence-corrected chi connectivity index (χ2v) is 7.57. The lowest BCUT2D eigenvalue weighted by molar-refractivity contribution is -0.128. The Bertz CT molecular complexity index is 937. The summed E-state index contributed by atoms with van der Waals surface area (Å²) in [6, 6.07) is 10.1. The number of piperazine rings is 1. The maximum absolute atomic E-state index is 12.7. The van der Waals surface area contributed by atoms with Gasteiger partial charge < -0.3 is 9.80 Å². The molecule has 0 spiro atoms. The number of imidazole rings is 1. The molecule has 1 aromatic carbocycles. The Morgan fingerprint density at radius 2 is 1.82 bits per heavy atom. The van der Waals surface area contributed by atoms with Gasteiger partial charge >= 0.3 is 0 Å². The Kier molecular flexibility index (Phi) is 5.57. The van der Waals surface area contributed by atoms with Crippen LogP contribution in [0.25, 0.3) is 5.69 Å². The molecule has 4 rings (SSSR count). The molecule has 1 saturated heterocycles. The number of aryl methyl sites for hydroxylation is 1. The van der Waals surface area contributed by atoms with Crippen molar-refractivity contribution in [2.75, 3.05) is 36.8 Å². The molecular formula is C20H22N6OS. The van der Waals surface area contributed by atoms with Crippen LogP contribution in [0.4, 0.5) is 5.95 Å². The van der Waals surface area contributed by atoms with Crippen LogP contribution in [0.3, 0.4) is 0 Å². The third-order valence-electron chi connectivity index (χ3n) is 4.68. The third-order valence-corrected chi connectivity index (χ3v) is 5.63. The summed E-state index contributed by atoms with van der Waals surface area (Å²) in [7, 11) is 0. The second kappa shape index (κ2) is 8.43. The Morgan fingerprint density at radius 1 is 1.04 bits per heavy atom. The van der Waals surface area contributed by atoms with Gasteiger partial charge in [-0.2, -0.15) is 0 Å². The van der Waals surface area contributed by atoms with Gasteiger partial charge in [0.05, 0.1) is 5.75 Å². The highest BCUT2D eigenvalue weighted by Crippen LogP contribution is 2.22. The molecule has 0 saturated carbocycles. The highest BCUT2D eigenvalue weighted by molar-refractivity contribution is 7.99. The molecular weight excluding hydrogens is 372 g/mol. The first-order valence-corrected chi connectivity index (χ1v) is 10.2. The molecule has 1 aliphatic heterocycles. The number of nitrogens with zero attached hydrogens (tertiary/aromatic N) is 6. The van der Waals surface area contributed by atoms with Gasteiger partial charge in [-0.15, -0.1) is 0 Å². The van der Waals surface area contributed by atoms with E-state index in [4.69, 9.17) is 0 Å². The Hall–Kier alpha value is -2.87. The summed E-state index contributed by atoms with van der Waals surface area (Å²) in [5.74, 6) is 1.24. The molecule has 1 aliphatic rings. The van der Waals surface area contributed by atoms with Gasteiger partial charge in [-0.05, 0) is 30.7 Å². The van der Waals surface area contributed by atoms with E-state index in [1.807, 2.05) is 27.8 Å². The van der Waals surface area contributed by atoms with Crippen LogP contribution in [0.5, 0.6) is 0 Å². The van der Waals surface area contributed by atoms with Crippen molar-refractivity contribution in [1.29, 1.82) is 0 Å². The average Bonchev–Trinajstić information content (AvgIpc) is 3.21. The zero-order valence-corrected chi connectivity index (χ0v) is 16.5. The topological polar surface area (TPSA) is 67.2 Å². The van der Waals surface area contributed by atoms with Crippen molar-refractivity contribution in [3.63, 3.8) is 0 Å². The number of carbonyl (C=O) groups is 1. The summed E-state index contributed by atoms with van der Waals surface area (Å²) in [5, 5.41) is 0.829. The molecule has 8 heteroatoms.